The summed E-state index contributed by atoms with van der Waals surface area (Å²) in [4.78, 5) is 0. The van der Waals surface area contributed by atoms with Crippen molar-refractivity contribution in [2.45, 2.75) is 69.7 Å². The van der Waals surface area contributed by atoms with Crippen molar-refractivity contribution >= 4 is 0 Å². The Bertz CT molecular complexity index is 294. The van der Waals surface area contributed by atoms with Gasteiger partial charge in [-0.2, -0.15) is 0 Å². The first-order valence-corrected chi connectivity index (χ1v) is 7.69. The van der Waals surface area contributed by atoms with Gasteiger partial charge in [-0.15, -0.1) is 0 Å². The predicted octanol–water partition coefficient (Wildman–Crippen LogP) is 0.329. The molecule has 21 heavy (non-hydrogen) atoms. The van der Waals surface area contributed by atoms with Crippen molar-refractivity contribution in [1.82, 2.24) is 0 Å². The molecular weight excluding hydrogens is 276 g/mol. The standard InChI is InChI=1S/C15H28O6/c1-2-3-4-5-6-7-8-9-20-15-14(19)13(18)12(17)11(10-16)21-15/h7-8,11-19H,2-6,9-10H2,1H3/b8-7+/t11-,12-,13+,14-,15+/m1/s1. The van der Waals surface area contributed by atoms with Crippen LogP contribution in [0.4, 0.5) is 0 Å². The largest absolute Gasteiger partial charge is 0.394 e. The molecule has 0 aliphatic carbocycles. The van der Waals surface area contributed by atoms with Crippen LogP contribution in [-0.4, -0.2) is 64.3 Å². The van der Waals surface area contributed by atoms with Gasteiger partial charge in [-0.1, -0.05) is 38.3 Å². The molecule has 1 saturated heterocycles. The van der Waals surface area contributed by atoms with Crippen molar-refractivity contribution in [3.63, 3.8) is 0 Å². The molecule has 1 fully saturated rings. The van der Waals surface area contributed by atoms with Gasteiger partial charge in [-0.25, -0.2) is 0 Å². The maximum absolute atomic E-state index is 9.76. The Morgan fingerprint density at radius 2 is 1.76 bits per heavy atom. The summed E-state index contributed by atoms with van der Waals surface area (Å²) in [5.74, 6) is 0. The normalized spacial score (nSPS) is 33.7. The van der Waals surface area contributed by atoms with Gasteiger partial charge in [-0.05, 0) is 12.8 Å². The van der Waals surface area contributed by atoms with E-state index >= 15 is 0 Å². The summed E-state index contributed by atoms with van der Waals surface area (Å²) < 4.78 is 10.6. The smallest absolute Gasteiger partial charge is 0.187 e. The molecule has 0 aromatic carbocycles. The molecule has 0 aromatic heterocycles. The third-order valence-corrected chi connectivity index (χ3v) is 3.60. The molecule has 1 aliphatic heterocycles. The number of rotatable bonds is 9. The Hall–Kier alpha value is -0.500. The third kappa shape index (κ3) is 6.02. The molecule has 0 radical (unpaired) electrons. The Kier molecular flexibility index (Phi) is 9.07. The van der Waals surface area contributed by atoms with Crippen LogP contribution in [0.3, 0.4) is 0 Å². The molecule has 1 rings (SSSR count). The van der Waals surface area contributed by atoms with Crippen molar-refractivity contribution in [1.29, 1.82) is 0 Å². The van der Waals surface area contributed by atoms with Crippen molar-refractivity contribution < 1.29 is 29.9 Å². The minimum atomic E-state index is -1.39. The molecule has 1 heterocycles. The van der Waals surface area contributed by atoms with Crippen LogP contribution < -0.4 is 0 Å². The number of aliphatic hydroxyl groups is 4. The van der Waals surface area contributed by atoms with Crippen LogP contribution in [0.25, 0.3) is 0 Å². The minimum Gasteiger partial charge on any atom is -0.394 e. The zero-order valence-electron chi connectivity index (χ0n) is 12.6. The fraction of sp³-hybridized carbons (Fsp3) is 0.867. The molecule has 4 N–H and O–H groups in total. The van der Waals surface area contributed by atoms with Crippen LogP contribution in [-0.2, 0) is 9.47 Å². The highest BCUT2D eigenvalue weighted by Crippen LogP contribution is 2.21. The fourth-order valence-electron chi connectivity index (χ4n) is 2.23. The summed E-state index contributed by atoms with van der Waals surface area (Å²) in [7, 11) is 0. The third-order valence-electron chi connectivity index (χ3n) is 3.60. The van der Waals surface area contributed by atoms with Crippen LogP contribution in [0.1, 0.15) is 39.0 Å². The highest BCUT2D eigenvalue weighted by molar-refractivity contribution is 4.89. The van der Waals surface area contributed by atoms with Gasteiger partial charge in [0.05, 0.1) is 13.2 Å². The fourth-order valence-corrected chi connectivity index (χ4v) is 2.23. The van der Waals surface area contributed by atoms with E-state index in [-0.39, 0.29) is 6.61 Å². The Labute approximate surface area is 126 Å². The molecule has 0 unspecified atom stereocenters. The second-order valence-electron chi connectivity index (χ2n) is 5.35. The first-order valence-electron chi connectivity index (χ1n) is 7.69. The van der Waals surface area contributed by atoms with Crippen LogP contribution >= 0.6 is 0 Å². The Morgan fingerprint density at radius 1 is 1.00 bits per heavy atom. The van der Waals surface area contributed by atoms with E-state index in [1.807, 2.05) is 12.2 Å². The number of ether oxygens (including phenoxy) is 2. The summed E-state index contributed by atoms with van der Waals surface area (Å²) >= 11 is 0. The predicted molar refractivity (Wildman–Crippen MR) is 77.6 cm³/mol. The van der Waals surface area contributed by atoms with Crippen LogP contribution in [0.2, 0.25) is 0 Å². The topological polar surface area (TPSA) is 99.4 Å². The summed E-state index contributed by atoms with van der Waals surface area (Å²) in [6, 6.07) is 0. The number of hydrogen-bond donors (Lipinski definition) is 4. The lowest BCUT2D eigenvalue weighted by Crippen LogP contribution is -2.59. The van der Waals surface area contributed by atoms with Crippen molar-refractivity contribution in [2.24, 2.45) is 0 Å². The molecular formula is C15H28O6. The molecule has 6 heteroatoms. The minimum absolute atomic E-state index is 0.246. The van der Waals surface area contributed by atoms with Crippen molar-refractivity contribution in [3.8, 4) is 0 Å². The van der Waals surface area contributed by atoms with E-state index in [0.717, 1.165) is 12.8 Å². The van der Waals surface area contributed by atoms with Gasteiger partial charge in [-0.3, -0.25) is 0 Å². The van der Waals surface area contributed by atoms with Gasteiger partial charge in [0.25, 0.3) is 0 Å². The van der Waals surface area contributed by atoms with E-state index in [1.165, 1.54) is 19.3 Å². The van der Waals surface area contributed by atoms with Crippen LogP contribution in [0.5, 0.6) is 0 Å². The molecule has 124 valence electrons. The van der Waals surface area contributed by atoms with E-state index < -0.39 is 37.3 Å². The Balaban J connectivity index is 2.25. The monoisotopic (exact) mass is 304 g/mol. The lowest BCUT2D eigenvalue weighted by Gasteiger charge is -2.39. The van der Waals surface area contributed by atoms with Crippen LogP contribution in [0, 0.1) is 0 Å². The summed E-state index contributed by atoms with van der Waals surface area (Å²) in [6.07, 6.45) is 3.61. The summed E-state index contributed by atoms with van der Waals surface area (Å²) in [5, 5.41) is 38.0. The van der Waals surface area contributed by atoms with E-state index in [2.05, 4.69) is 6.92 Å². The van der Waals surface area contributed by atoms with Gasteiger partial charge in [0, 0.05) is 0 Å². The second kappa shape index (κ2) is 10.3. The molecule has 0 saturated carbocycles. The van der Waals surface area contributed by atoms with Gasteiger partial charge < -0.3 is 29.9 Å². The molecule has 5 atom stereocenters. The highest BCUT2D eigenvalue weighted by Gasteiger charge is 2.43. The average molecular weight is 304 g/mol. The number of hydrogen-bond acceptors (Lipinski definition) is 6. The number of unbranched alkanes of at least 4 members (excludes halogenated alkanes) is 4. The maximum Gasteiger partial charge on any atom is 0.187 e. The van der Waals surface area contributed by atoms with E-state index in [1.54, 1.807) is 0 Å². The van der Waals surface area contributed by atoms with E-state index in [4.69, 9.17) is 14.6 Å². The van der Waals surface area contributed by atoms with E-state index in [0.29, 0.717) is 0 Å². The van der Waals surface area contributed by atoms with Crippen LogP contribution in [0.15, 0.2) is 12.2 Å². The number of aliphatic hydroxyl groups excluding tert-OH is 4. The quantitative estimate of drug-likeness (QED) is 0.362. The number of allylic oxidation sites excluding steroid dienone is 1. The van der Waals surface area contributed by atoms with Gasteiger partial charge in [0.2, 0.25) is 0 Å². The summed E-state index contributed by atoms with van der Waals surface area (Å²) in [5.41, 5.74) is 0. The average Bonchev–Trinajstić information content (AvgIpc) is 2.49. The SMILES string of the molecule is CCCCCC/C=C/CO[C@H]1O[C@H](CO)[C@@H](O)[C@H](O)[C@H]1O. The lowest BCUT2D eigenvalue weighted by molar-refractivity contribution is -0.298. The van der Waals surface area contributed by atoms with Crippen molar-refractivity contribution in [3.05, 3.63) is 12.2 Å². The highest BCUT2D eigenvalue weighted by atomic mass is 16.7. The molecule has 0 bridgehead atoms. The molecule has 1 aliphatic rings. The maximum atomic E-state index is 9.76. The van der Waals surface area contributed by atoms with E-state index in [9.17, 15) is 15.3 Å². The van der Waals surface area contributed by atoms with Gasteiger partial charge >= 0.3 is 0 Å². The second-order valence-corrected chi connectivity index (χ2v) is 5.35. The van der Waals surface area contributed by atoms with Crippen molar-refractivity contribution in [2.75, 3.05) is 13.2 Å². The molecule has 0 spiro atoms. The van der Waals surface area contributed by atoms with Gasteiger partial charge in [0.1, 0.15) is 24.4 Å². The summed E-state index contributed by atoms with van der Waals surface area (Å²) in [6.45, 7) is 1.97. The molecule has 0 amide bonds. The Morgan fingerprint density at radius 3 is 2.43 bits per heavy atom. The zero-order chi connectivity index (χ0) is 15.7. The molecule has 0 aromatic rings. The van der Waals surface area contributed by atoms with Gasteiger partial charge in [0.15, 0.2) is 6.29 Å². The lowest BCUT2D eigenvalue weighted by atomic mass is 9.99. The first-order chi connectivity index (χ1) is 10.1. The first kappa shape index (κ1) is 18.5. The zero-order valence-corrected chi connectivity index (χ0v) is 12.6. The molecule has 6 nitrogen and oxygen atoms in total.